The second kappa shape index (κ2) is 9.74. The van der Waals surface area contributed by atoms with Crippen molar-refractivity contribution in [1.82, 2.24) is 24.6 Å². The van der Waals surface area contributed by atoms with Gasteiger partial charge in [-0.25, -0.2) is 9.37 Å². The van der Waals surface area contributed by atoms with Crippen LogP contribution < -0.4 is 0 Å². The van der Waals surface area contributed by atoms with E-state index in [4.69, 9.17) is 4.42 Å². The molecule has 2 aromatic heterocycles. The molecule has 2 fully saturated rings. The maximum Gasteiger partial charge on any atom is 0.416 e. The minimum atomic E-state index is -4.52. The average molecular weight is 532 g/mol. The Morgan fingerprint density at radius 3 is 2.74 bits per heavy atom. The molecule has 190 valence electrons. The lowest BCUT2D eigenvalue weighted by Gasteiger charge is -2.16. The molecule has 35 heavy (non-hydrogen) atoms. The van der Waals surface area contributed by atoms with Gasteiger partial charge in [0.05, 0.1) is 11.3 Å². The first kappa shape index (κ1) is 26.0. The third kappa shape index (κ3) is 5.08. The smallest absolute Gasteiger partial charge is 0.416 e. The molecule has 3 aromatic rings. The molecule has 1 aliphatic carbocycles. The summed E-state index contributed by atoms with van der Waals surface area (Å²) in [5.74, 6) is 1.41. The molecule has 0 unspecified atom stereocenters. The summed E-state index contributed by atoms with van der Waals surface area (Å²) in [7, 11) is 1.90. The van der Waals surface area contributed by atoms with Gasteiger partial charge in [0.25, 0.3) is 0 Å². The Hall–Kier alpha value is -2.11. The summed E-state index contributed by atoms with van der Waals surface area (Å²) in [5, 5.41) is 9.29. The number of aromatic nitrogens is 4. The molecule has 0 radical (unpaired) electrons. The van der Waals surface area contributed by atoms with Gasteiger partial charge in [-0.1, -0.05) is 17.8 Å². The van der Waals surface area contributed by atoms with Crippen LogP contribution in [0.15, 0.2) is 34.2 Å². The number of nitrogens with zero attached hydrogens (tertiary/aromatic N) is 5. The summed E-state index contributed by atoms with van der Waals surface area (Å²) in [5.41, 5.74) is 0.260. The zero-order chi connectivity index (χ0) is 24.1. The summed E-state index contributed by atoms with van der Waals surface area (Å²) < 4.78 is 60.2. The van der Waals surface area contributed by atoms with Gasteiger partial charge in [0, 0.05) is 19.3 Å². The van der Waals surface area contributed by atoms with Gasteiger partial charge >= 0.3 is 6.18 Å². The van der Waals surface area contributed by atoms with Gasteiger partial charge in [0.15, 0.2) is 17.3 Å². The number of benzene rings is 1. The van der Waals surface area contributed by atoms with Gasteiger partial charge in [-0.3, -0.25) is 0 Å². The molecule has 6 nitrogen and oxygen atoms in total. The molecule has 2 atom stereocenters. The Kier molecular flexibility index (Phi) is 7.23. The Labute approximate surface area is 210 Å². The second-order valence-electron chi connectivity index (χ2n) is 9.21. The van der Waals surface area contributed by atoms with Crippen molar-refractivity contribution in [3.05, 3.63) is 47.2 Å². The number of aryl methyl sites for hydroxylation is 1. The van der Waals surface area contributed by atoms with Crippen molar-refractivity contribution < 1.29 is 22.0 Å². The minimum absolute atomic E-state index is 0. The molecular weight excluding hydrogens is 506 g/mol. The quantitative estimate of drug-likeness (QED) is 0.221. The fraction of sp³-hybridized carbons (Fsp3) is 0.522. The predicted molar refractivity (Wildman–Crippen MR) is 126 cm³/mol. The van der Waals surface area contributed by atoms with E-state index in [1.165, 1.54) is 12.5 Å². The SMILES string of the molecule is Cc1ncoc1-c1nnc(SCCCN2CC[C@@]3(C[C@H]3c3ccc(C(F)(F)F)cc3F)C2)n1C.Cl. The summed E-state index contributed by atoms with van der Waals surface area (Å²) in [4.78, 5) is 6.47. The van der Waals surface area contributed by atoms with Crippen molar-refractivity contribution in [2.45, 2.75) is 43.4 Å². The molecule has 5 rings (SSSR count). The second-order valence-corrected chi connectivity index (χ2v) is 10.3. The molecule has 0 N–H and O–H groups in total. The number of hydrogen-bond acceptors (Lipinski definition) is 6. The van der Waals surface area contributed by atoms with E-state index in [1.54, 1.807) is 11.8 Å². The van der Waals surface area contributed by atoms with E-state index in [2.05, 4.69) is 20.1 Å². The summed E-state index contributed by atoms with van der Waals surface area (Å²) >= 11 is 1.63. The van der Waals surface area contributed by atoms with Crippen LogP contribution in [0.25, 0.3) is 11.6 Å². The maximum absolute atomic E-state index is 14.4. The van der Waals surface area contributed by atoms with Crippen molar-refractivity contribution in [2.75, 3.05) is 25.4 Å². The summed E-state index contributed by atoms with van der Waals surface area (Å²) in [6.07, 6.45) is -0.378. The molecule has 1 saturated heterocycles. The molecule has 2 aliphatic rings. The van der Waals surface area contributed by atoms with E-state index in [1.807, 2.05) is 18.5 Å². The monoisotopic (exact) mass is 531 g/mol. The first-order valence-corrected chi connectivity index (χ1v) is 12.2. The highest BCUT2D eigenvalue weighted by Crippen LogP contribution is 2.64. The summed E-state index contributed by atoms with van der Waals surface area (Å²) in [6.45, 7) is 4.58. The number of rotatable bonds is 7. The number of thioether (sulfide) groups is 1. The van der Waals surface area contributed by atoms with Crippen LogP contribution in [0.3, 0.4) is 0 Å². The van der Waals surface area contributed by atoms with E-state index >= 15 is 0 Å². The van der Waals surface area contributed by atoms with Crippen LogP contribution in [-0.4, -0.2) is 50.0 Å². The van der Waals surface area contributed by atoms with E-state index in [0.29, 0.717) is 23.2 Å². The van der Waals surface area contributed by atoms with Crippen molar-refractivity contribution in [3.8, 4) is 11.6 Å². The molecule has 3 heterocycles. The zero-order valence-electron chi connectivity index (χ0n) is 19.3. The summed E-state index contributed by atoms with van der Waals surface area (Å²) in [6, 6.07) is 2.95. The molecule has 12 heteroatoms. The predicted octanol–water partition coefficient (Wildman–Crippen LogP) is 5.72. The van der Waals surface area contributed by atoms with E-state index < -0.39 is 17.6 Å². The fourth-order valence-electron chi connectivity index (χ4n) is 5.01. The number of halogens is 5. The van der Waals surface area contributed by atoms with Gasteiger partial charge in [0.2, 0.25) is 5.82 Å². The molecule has 1 aliphatic heterocycles. The largest absolute Gasteiger partial charge is 0.440 e. The average Bonchev–Trinajstić information content (AvgIpc) is 3.07. The van der Waals surface area contributed by atoms with Crippen LogP contribution in [0.1, 0.15) is 42.0 Å². The Balaban J connectivity index is 0.00000289. The van der Waals surface area contributed by atoms with Crippen LogP contribution in [0.5, 0.6) is 0 Å². The number of alkyl halides is 3. The lowest BCUT2D eigenvalue weighted by molar-refractivity contribution is -0.137. The van der Waals surface area contributed by atoms with Gasteiger partial charge in [-0.05, 0) is 68.3 Å². The molecule has 1 aromatic carbocycles. The lowest BCUT2D eigenvalue weighted by Crippen LogP contribution is -2.23. The highest BCUT2D eigenvalue weighted by Gasteiger charge is 2.58. The third-order valence-corrected chi connectivity index (χ3v) is 8.10. The van der Waals surface area contributed by atoms with Gasteiger partial charge < -0.3 is 13.9 Å². The van der Waals surface area contributed by atoms with E-state index in [9.17, 15) is 17.6 Å². The molecular formula is C23H26ClF4N5OS. The number of oxazole rings is 1. The van der Waals surface area contributed by atoms with Crippen LogP contribution in [0.4, 0.5) is 17.6 Å². The van der Waals surface area contributed by atoms with Crippen molar-refractivity contribution >= 4 is 24.2 Å². The number of hydrogen-bond donors (Lipinski definition) is 0. The minimum Gasteiger partial charge on any atom is -0.440 e. The van der Waals surface area contributed by atoms with Crippen molar-refractivity contribution in [2.24, 2.45) is 12.5 Å². The van der Waals surface area contributed by atoms with E-state index in [-0.39, 0.29) is 23.7 Å². The molecule has 0 bridgehead atoms. The van der Waals surface area contributed by atoms with Crippen LogP contribution in [-0.2, 0) is 13.2 Å². The van der Waals surface area contributed by atoms with Gasteiger partial charge in [-0.2, -0.15) is 13.2 Å². The Morgan fingerprint density at radius 2 is 2.06 bits per heavy atom. The number of likely N-dealkylation sites (tertiary alicyclic amines) is 1. The fourth-order valence-corrected chi connectivity index (χ4v) is 5.84. The molecule has 0 amide bonds. The topological polar surface area (TPSA) is 60.0 Å². The van der Waals surface area contributed by atoms with Crippen molar-refractivity contribution in [3.63, 3.8) is 0 Å². The first-order chi connectivity index (χ1) is 16.2. The lowest BCUT2D eigenvalue weighted by atomic mass is 9.97. The molecule has 1 saturated carbocycles. The molecule has 1 spiro atoms. The zero-order valence-corrected chi connectivity index (χ0v) is 20.9. The third-order valence-electron chi connectivity index (χ3n) is 6.99. The van der Waals surface area contributed by atoms with Crippen molar-refractivity contribution in [1.29, 1.82) is 0 Å². The first-order valence-electron chi connectivity index (χ1n) is 11.2. The van der Waals surface area contributed by atoms with Gasteiger partial charge in [-0.15, -0.1) is 22.6 Å². The normalized spacial score (nSPS) is 22.1. The van der Waals surface area contributed by atoms with Crippen LogP contribution in [0, 0.1) is 18.2 Å². The van der Waals surface area contributed by atoms with Gasteiger partial charge in [0.1, 0.15) is 5.82 Å². The van der Waals surface area contributed by atoms with Crippen LogP contribution in [0.2, 0.25) is 0 Å². The highest BCUT2D eigenvalue weighted by molar-refractivity contribution is 7.99. The Bertz CT molecular complexity index is 1200. The Morgan fingerprint density at radius 1 is 1.26 bits per heavy atom. The van der Waals surface area contributed by atoms with E-state index in [0.717, 1.165) is 61.6 Å². The van der Waals surface area contributed by atoms with Crippen LogP contribution >= 0.6 is 24.2 Å². The maximum atomic E-state index is 14.4. The highest BCUT2D eigenvalue weighted by atomic mass is 35.5. The standard InChI is InChI=1S/C23H25F4N5OS.ClH/c1-14-19(33-13-28-14)20-29-30-21(31(20)2)34-9-3-7-32-8-6-22(12-32)11-17(22)16-5-4-15(10-18(16)24)23(25,26)27;/h4-5,10,13,17H,3,6-9,11-12H2,1-2H3;1H/t17-,22+;/m0./s1.